The fourth-order valence-corrected chi connectivity index (χ4v) is 2.17. The third-order valence-electron chi connectivity index (χ3n) is 2.66. The van der Waals surface area contributed by atoms with Gasteiger partial charge in [-0.15, -0.1) is 5.10 Å². The van der Waals surface area contributed by atoms with Crippen molar-refractivity contribution in [3.05, 3.63) is 5.82 Å². The van der Waals surface area contributed by atoms with Gasteiger partial charge in [0.25, 0.3) is 0 Å². The molecule has 0 bridgehead atoms. The van der Waals surface area contributed by atoms with E-state index in [0.717, 1.165) is 31.9 Å². The first-order valence-electron chi connectivity index (χ1n) is 6.68. The Balaban J connectivity index is 2.22. The second-order valence-corrected chi connectivity index (χ2v) is 5.88. The SMILES string of the molecule is CSCCCCCn1nnnc1CNCC(C)C. The Hall–Kier alpha value is -0.620. The van der Waals surface area contributed by atoms with Crippen molar-refractivity contribution < 1.29 is 0 Å². The van der Waals surface area contributed by atoms with E-state index in [9.17, 15) is 0 Å². The molecule has 0 fully saturated rings. The second-order valence-electron chi connectivity index (χ2n) is 4.90. The van der Waals surface area contributed by atoms with Gasteiger partial charge in [0.2, 0.25) is 0 Å². The van der Waals surface area contributed by atoms with Crippen molar-refractivity contribution in [1.82, 2.24) is 25.5 Å². The van der Waals surface area contributed by atoms with Crippen LogP contribution >= 0.6 is 11.8 Å². The molecule has 0 radical (unpaired) electrons. The molecular formula is C12H25N5S. The van der Waals surface area contributed by atoms with Crippen LogP contribution in [0.3, 0.4) is 0 Å². The van der Waals surface area contributed by atoms with Gasteiger partial charge in [0.1, 0.15) is 0 Å². The summed E-state index contributed by atoms with van der Waals surface area (Å²) in [7, 11) is 0. The highest BCUT2D eigenvalue weighted by Crippen LogP contribution is 2.04. The molecule has 1 aromatic heterocycles. The standard InChI is InChI=1S/C12H25N5S/c1-11(2)9-13-10-12-14-15-16-17(12)7-5-4-6-8-18-3/h11,13H,4-10H2,1-3H3. The molecule has 0 saturated carbocycles. The number of nitrogens with one attached hydrogen (secondary N) is 1. The van der Waals surface area contributed by atoms with E-state index < -0.39 is 0 Å². The summed E-state index contributed by atoms with van der Waals surface area (Å²) < 4.78 is 1.92. The highest BCUT2D eigenvalue weighted by atomic mass is 32.2. The van der Waals surface area contributed by atoms with Gasteiger partial charge in [0.05, 0.1) is 6.54 Å². The van der Waals surface area contributed by atoms with E-state index in [-0.39, 0.29) is 0 Å². The van der Waals surface area contributed by atoms with Crippen LogP contribution in [0.4, 0.5) is 0 Å². The summed E-state index contributed by atoms with van der Waals surface area (Å²) in [5.74, 6) is 2.85. The van der Waals surface area contributed by atoms with Gasteiger partial charge < -0.3 is 5.32 Å². The highest BCUT2D eigenvalue weighted by Gasteiger charge is 2.05. The first kappa shape index (κ1) is 15.4. The molecular weight excluding hydrogens is 246 g/mol. The van der Waals surface area contributed by atoms with Crippen LogP contribution < -0.4 is 5.32 Å². The van der Waals surface area contributed by atoms with E-state index in [0.29, 0.717) is 5.92 Å². The molecule has 1 N–H and O–H groups in total. The summed E-state index contributed by atoms with van der Waals surface area (Å²) in [6.07, 6.45) is 5.84. The molecule has 1 rings (SSSR count). The van der Waals surface area contributed by atoms with Gasteiger partial charge in [-0.1, -0.05) is 20.3 Å². The van der Waals surface area contributed by atoms with E-state index >= 15 is 0 Å². The van der Waals surface area contributed by atoms with Crippen molar-refractivity contribution in [1.29, 1.82) is 0 Å². The quantitative estimate of drug-likeness (QED) is 0.659. The number of unbranched alkanes of at least 4 members (excludes halogenated alkanes) is 2. The van der Waals surface area contributed by atoms with Crippen LogP contribution in [0.25, 0.3) is 0 Å². The smallest absolute Gasteiger partial charge is 0.165 e. The average molecular weight is 271 g/mol. The zero-order valence-electron chi connectivity index (χ0n) is 11.7. The number of tetrazole rings is 1. The van der Waals surface area contributed by atoms with E-state index in [1.54, 1.807) is 0 Å². The van der Waals surface area contributed by atoms with Gasteiger partial charge in [0, 0.05) is 6.54 Å². The first-order chi connectivity index (χ1) is 8.74. The van der Waals surface area contributed by atoms with E-state index in [2.05, 4.69) is 40.9 Å². The van der Waals surface area contributed by atoms with Crippen molar-refractivity contribution >= 4 is 11.8 Å². The number of aryl methyl sites for hydroxylation is 1. The van der Waals surface area contributed by atoms with Crippen molar-refractivity contribution in [2.75, 3.05) is 18.6 Å². The highest BCUT2D eigenvalue weighted by molar-refractivity contribution is 7.98. The molecule has 0 aliphatic heterocycles. The number of hydrogen-bond acceptors (Lipinski definition) is 5. The third kappa shape index (κ3) is 6.35. The maximum atomic E-state index is 4.06. The summed E-state index contributed by atoms with van der Waals surface area (Å²) >= 11 is 1.91. The van der Waals surface area contributed by atoms with E-state index in [4.69, 9.17) is 0 Å². The van der Waals surface area contributed by atoms with Gasteiger partial charge in [0.15, 0.2) is 5.82 Å². The Morgan fingerprint density at radius 3 is 2.83 bits per heavy atom. The Kier molecular flexibility index (Phi) is 8.00. The van der Waals surface area contributed by atoms with Gasteiger partial charge in [-0.05, 0) is 47.7 Å². The number of hydrogen-bond donors (Lipinski definition) is 1. The molecule has 0 aromatic carbocycles. The number of aromatic nitrogens is 4. The molecule has 0 atom stereocenters. The first-order valence-corrected chi connectivity index (χ1v) is 8.08. The van der Waals surface area contributed by atoms with Crippen molar-refractivity contribution in [3.63, 3.8) is 0 Å². The largest absolute Gasteiger partial charge is 0.310 e. The normalized spacial score (nSPS) is 11.3. The molecule has 18 heavy (non-hydrogen) atoms. The fraction of sp³-hybridized carbons (Fsp3) is 0.917. The second kappa shape index (κ2) is 9.33. The Bertz CT molecular complexity index is 313. The molecule has 1 heterocycles. The number of rotatable bonds is 10. The van der Waals surface area contributed by atoms with Crippen molar-refractivity contribution in [3.8, 4) is 0 Å². The van der Waals surface area contributed by atoms with Gasteiger partial charge in [-0.25, -0.2) is 4.68 Å². The molecule has 0 aliphatic rings. The topological polar surface area (TPSA) is 55.6 Å². The minimum atomic E-state index is 0.654. The zero-order chi connectivity index (χ0) is 13.2. The lowest BCUT2D eigenvalue weighted by molar-refractivity contribution is 0.491. The molecule has 0 aliphatic carbocycles. The van der Waals surface area contributed by atoms with E-state index in [1.807, 2.05) is 16.4 Å². The molecule has 0 spiro atoms. The van der Waals surface area contributed by atoms with Crippen LogP contribution in [-0.2, 0) is 13.1 Å². The van der Waals surface area contributed by atoms with Crippen LogP contribution in [-0.4, -0.2) is 38.8 Å². The predicted octanol–water partition coefficient (Wildman–Crippen LogP) is 1.95. The minimum absolute atomic E-state index is 0.654. The Morgan fingerprint density at radius 2 is 2.11 bits per heavy atom. The Morgan fingerprint density at radius 1 is 1.28 bits per heavy atom. The molecule has 0 unspecified atom stereocenters. The fourth-order valence-electron chi connectivity index (χ4n) is 1.68. The van der Waals surface area contributed by atoms with Gasteiger partial charge in [-0.2, -0.15) is 11.8 Å². The maximum absolute atomic E-state index is 4.06. The van der Waals surface area contributed by atoms with Crippen molar-refractivity contribution in [2.45, 2.75) is 46.2 Å². The van der Waals surface area contributed by atoms with Crippen LogP contribution in [0.5, 0.6) is 0 Å². The zero-order valence-corrected chi connectivity index (χ0v) is 12.5. The van der Waals surface area contributed by atoms with Gasteiger partial charge in [-0.3, -0.25) is 0 Å². The lowest BCUT2D eigenvalue weighted by atomic mass is 10.2. The molecule has 0 saturated heterocycles. The summed E-state index contributed by atoms with van der Waals surface area (Å²) in [5, 5.41) is 15.2. The van der Waals surface area contributed by atoms with E-state index in [1.165, 1.54) is 18.6 Å². The lowest BCUT2D eigenvalue weighted by Crippen LogP contribution is -2.21. The number of nitrogens with zero attached hydrogens (tertiary/aromatic N) is 4. The molecule has 1 aromatic rings. The summed E-state index contributed by atoms with van der Waals surface area (Å²) in [5.41, 5.74) is 0. The van der Waals surface area contributed by atoms with Crippen LogP contribution in [0.2, 0.25) is 0 Å². The summed E-state index contributed by atoms with van der Waals surface area (Å²) in [6, 6.07) is 0. The van der Waals surface area contributed by atoms with Crippen LogP contribution in [0, 0.1) is 5.92 Å². The molecule has 104 valence electrons. The molecule has 5 nitrogen and oxygen atoms in total. The maximum Gasteiger partial charge on any atom is 0.165 e. The van der Waals surface area contributed by atoms with Crippen LogP contribution in [0.15, 0.2) is 0 Å². The monoisotopic (exact) mass is 271 g/mol. The van der Waals surface area contributed by atoms with Crippen LogP contribution in [0.1, 0.15) is 38.9 Å². The number of thioether (sulfide) groups is 1. The summed E-state index contributed by atoms with van der Waals surface area (Å²) in [6.45, 7) is 7.08. The van der Waals surface area contributed by atoms with Crippen molar-refractivity contribution in [2.24, 2.45) is 5.92 Å². The molecule has 6 heteroatoms. The molecule has 0 amide bonds. The van der Waals surface area contributed by atoms with Gasteiger partial charge >= 0.3 is 0 Å². The minimum Gasteiger partial charge on any atom is -0.310 e. The third-order valence-corrected chi connectivity index (χ3v) is 3.36. The predicted molar refractivity (Wildman–Crippen MR) is 76.6 cm³/mol. The average Bonchev–Trinajstić information content (AvgIpc) is 2.76. The Labute approximate surface area is 114 Å². The summed E-state index contributed by atoms with van der Waals surface area (Å²) in [4.78, 5) is 0. The lowest BCUT2D eigenvalue weighted by Gasteiger charge is -2.07.